The monoisotopic (exact) mass is 325 g/mol. The summed E-state index contributed by atoms with van der Waals surface area (Å²) in [5.41, 5.74) is 1.67. The Bertz CT molecular complexity index is 731. The number of carbonyl (C=O) groups excluding carboxylic acids is 2. The summed E-state index contributed by atoms with van der Waals surface area (Å²) in [6.07, 6.45) is 4.67. The minimum absolute atomic E-state index is 0.0361. The van der Waals surface area contributed by atoms with Crippen LogP contribution in [-0.2, 0) is 9.59 Å². The van der Waals surface area contributed by atoms with E-state index in [-0.39, 0.29) is 17.7 Å². The van der Waals surface area contributed by atoms with E-state index in [1.807, 2.05) is 42.2 Å². The summed E-state index contributed by atoms with van der Waals surface area (Å²) in [5, 5.41) is 3.99. The molecule has 1 aliphatic heterocycles. The molecule has 126 valence electrons. The summed E-state index contributed by atoms with van der Waals surface area (Å²) < 4.78 is 0. The van der Waals surface area contributed by atoms with E-state index < -0.39 is 0 Å². The highest BCUT2D eigenvalue weighted by molar-refractivity contribution is 6.01. The topological polar surface area (TPSA) is 62.3 Å². The van der Waals surface area contributed by atoms with Gasteiger partial charge in [0.05, 0.1) is 11.2 Å². The number of hydrogen-bond acceptors (Lipinski definition) is 3. The van der Waals surface area contributed by atoms with Gasteiger partial charge in [-0.15, -0.1) is 0 Å². The second kappa shape index (κ2) is 7.43. The average Bonchev–Trinajstić information content (AvgIpc) is 2.62. The first-order valence-corrected chi connectivity index (χ1v) is 8.61. The molecule has 0 atom stereocenters. The van der Waals surface area contributed by atoms with Crippen LogP contribution in [0.3, 0.4) is 0 Å². The van der Waals surface area contributed by atoms with Crippen molar-refractivity contribution in [3.05, 3.63) is 36.5 Å². The van der Waals surface area contributed by atoms with Crippen LogP contribution < -0.4 is 5.32 Å². The molecule has 1 aliphatic rings. The predicted octanol–water partition coefficient (Wildman–Crippen LogP) is 3.21. The van der Waals surface area contributed by atoms with Gasteiger partial charge in [0.15, 0.2) is 0 Å². The average molecular weight is 325 g/mol. The first kappa shape index (κ1) is 16.4. The number of anilines is 1. The lowest BCUT2D eigenvalue weighted by Gasteiger charge is -2.31. The van der Waals surface area contributed by atoms with Crippen LogP contribution in [0.15, 0.2) is 36.5 Å². The van der Waals surface area contributed by atoms with Crippen LogP contribution in [0, 0.1) is 5.92 Å². The summed E-state index contributed by atoms with van der Waals surface area (Å²) >= 11 is 0. The third-order valence-electron chi connectivity index (χ3n) is 4.59. The van der Waals surface area contributed by atoms with Gasteiger partial charge in [0, 0.05) is 37.0 Å². The van der Waals surface area contributed by atoms with Gasteiger partial charge in [0.25, 0.3) is 0 Å². The lowest BCUT2D eigenvalue weighted by Crippen LogP contribution is -2.41. The molecular formula is C19H23N3O2. The number of piperidine rings is 1. The maximum Gasteiger partial charge on any atom is 0.227 e. The quantitative estimate of drug-likeness (QED) is 0.939. The van der Waals surface area contributed by atoms with Crippen molar-refractivity contribution in [3.8, 4) is 0 Å². The summed E-state index contributed by atoms with van der Waals surface area (Å²) in [6, 6.07) is 9.57. The zero-order valence-electron chi connectivity index (χ0n) is 14.0. The summed E-state index contributed by atoms with van der Waals surface area (Å²) in [5.74, 6) is 0.202. The smallest absolute Gasteiger partial charge is 0.227 e. The van der Waals surface area contributed by atoms with Gasteiger partial charge < -0.3 is 10.2 Å². The number of pyridine rings is 1. The zero-order valence-corrected chi connectivity index (χ0v) is 14.0. The lowest BCUT2D eigenvalue weighted by molar-refractivity contribution is -0.134. The van der Waals surface area contributed by atoms with E-state index in [9.17, 15) is 9.59 Å². The molecule has 0 saturated carbocycles. The number of likely N-dealkylation sites (tertiary alicyclic amines) is 1. The van der Waals surface area contributed by atoms with Crippen LogP contribution in [0.5, 0.6) is 0 Å². The van der Waals surface area contributed by atoms with Crippen LogP contribution in [0.1, 0.15) is 32.6 Å². The first-order chi connectivity index (χ1) is 11.7. The molecule has 0 spiro atoms. The third-order valence-corrected chi connectivity index (χ3v) is 4.59. The van der Waals surface area contributed by atoms with Gasteiger partial charge in [0.1, 0.15) is 0 Å². The van der Waals surface area contributed by atoms with E-state index in [4.69, 9.17) is 0 Å². The van der Waals surface area contributed by atoms with Gasteiger partial charge >= 0.3 is 0 Å². The highest BCUT2D eigenvalue weighted by Gasteiger charge is 2.27. The van der Waals surface area contributed by atoms with Gasteiger partial charge in [-0.05, 0) is 43.5 Å². The minimum atomic E-state index is -0.0393. The first-order valence-electron chi connectivity index (χ1n) is 8.61. The molecule has 5 heteroatoms. The molecule has 0 bridgehead atoms. The Labute approximate surface area is 142 Å². The number of carbonyl (C=O) groups is 2. The number of nitrogens with one attached hydrogen (secondary N) is 1. The number of rotatable bonds is 4. The Morgan fingerprint density at radius 1 is 1.21 bits per heavy atom. The van der Waals surface area contributed by atoms with Crippen molar-refractivity contribution in [1.82, 2.24) is 9.88 Å². The number of fused-ring (bicyclic) bond motifs is 1. The normalized spacial score (nSPS) is 15.5. The molecule has 24 heavy (non-hydrogen) atoms. The molecule has 1 aromatic carbocycles. The van der Waals surface area contributed by atoms with Crippen LogP contribution in [-0.4, -0.2) is 34.8 Å². The Morgan fingerprint density at radius 3 is 2.75 bits per heavy atom. The molecule has 2 heterocycles. The molecule has 0 radical (unpaired) electrons. The van der Waals surface area contributed by atoms with Crippen molar-refractivity contribution in [1.29, 1.82) is 0 Å². The van der Waals surface area contributed by atoms with Crippen LogP contribution >= 0.6 is 0 Å². The molecule has 0 unspecified atom stereocenters. The van der Waals surface area contributed by atoms with E-state index in [1.54, 1.807) is 6.20 Å². The third kappa shape index (κ3) is 3.55. The second-order valence-corrected chi connectivity index (χ2v) is 6.27. The maximum absolute atomic E-state index is 12.6. The molecule has 1 aromatic heterocycles. The maximum atomic E-state index is 12.6. The largest absolute Gasteiger partial charge is 0.343 e. The SMILES string of the molecule is CCCC(=O)N1CCC(C(=O)Nc2cccc3ncccc23)CC1. The predicted molar refractivity (Wildman–Crippen MR) is 94.6 cm³/mol. The van der Waals surface area contributed by atoms with Crippen molar-refractivity contribution in [2.24, 2.45) is 5.92 Å². The summed E-state index contributed by atoms with van der Waals surface area (Å²) in [6.45, 7) is 3.36. The highest BCUT2D eigenvalue weighted by atomic mass is 16.2. The fraction of sp³-hybridized carbons (Fsp3) is 0.421. The molecule has 0 aliphatic carbocycles. The van der Waals surface area contributed by atoms with Crippen molar-refractivity contribution in [3.63, 3.8) is 0 Å². The molecule has 2 aromatic rings. The Hall–Kier alpha value is -2.43. The summed E-state index contributed by atoms with van der Waals surface area (Å²) in [7, 11) is 0. The second-order valence-electron chi connectivity index (χ2n) is 6.27. The van der Waals surface area contributed by atoms with Crippen LogP contribution in [0.4, 0.5) is 5.69 Å². The Kier molecular flexibility index (Phi) is 5.08. The number of nitrogens with zero attached hydrogens (tertiary/aromatic N) is 2. The molecule has 2 amide bonds. The van der Waals surface area contributed by atoms with Crippen molar-refractivity contribution in [2.75, 3.05) is 18.4 Å². The Morgan fingerprint density at radius 2 is 2.00 bits per heavy atom. The van der Waals surface area contributed by atoms with Crippen molar-refractivity contribution < 1.29 is 9.59 Å². The van der Waals surface area contributed by atoms with Gasteiger partial charge in [-0.2, -0.15) is 0 Å². The lowest BCUT2D eigenvalue weighted by atomic mass is 9.95. The standard InChI is InChI=1S/C19H23N3O2/c1-2-5-18(23)22-12-9-14(10-13-22)19(24)21-17-8-3-7-16-15(17)6-4-11-20-16/h3-4,6-8,11,14H,2,5,9-10,12-13H2,1H3,(H,21,24). The van der Waals surface area contributed by atoms with E-state index in [0.717, 1.165) is 35.9 Å². The number of hydrogen-bond donors (Lipinski definition) is 1. The molecule has 3 rings (SSSR count). The van der Waals surface area contributed by atoms with Crippen molar-refractivity contribution in [2.45, 2.75) is 32.6 Å². The van der Waals surface area contributed by atoms with Crippen LogP contribution in [0.2, 0.25) is 0 Å². The summed E-state index contributed by atoms with van der Waals surface area (Å²) in [4.78, 5) is 30.7. The number of benzene rings is 1. The van der Waals surface area contributed by atoms with Crippen molar-refractivity contribution >= 4 is 28.4 Å². The molecular weight excluding hydrogens is 302 g/mol. The molecule has 5 nitrogen and oxygen atoms in total. The van der Waals surface area contributed by atoms with Gasteiger partial charge in [-0.25, -0.2) is 0 Å². The zero-order chi connectivity index (χ0) is 16.9. The van der Waals surface area contributed by atoms with E-state index in [1.165, 1.54) is 0 Å². The number of aromatic nitrogens is 1. The fourth-order valence-corrected chi connectivity index (χ4v) is 3.21. The van der Waals surface area contributed by atoms with Gasteiger partial charge in [-0.1, -0.05) is 13.0 Å². The fourth-order valence-electron chi connectivity index (χ4n) is 3.21. The van der Waals surface area contributed by atoms with Crippen LogP contribution in [0.25, 0.3) is 10.9 Å². The van der Waals surface area contributed by atoms with E-state index in [0.29, 0.717) is 19.5 Å². The minimum Gasteiger partial charge on any atom is -0.343 e. The number of amides is 2. The van der Waals surface area contributed by atoms with Gasteiger partial charge in [0.2, 0.25) is 11.8 Å². The molecule has 1 fully saturated rings. The van der Waals surface area contributed by atoms with Gasteiger partial charge in [-0.3, -0.25) is 14.6 Å². The molecule has 1 saturated heterocycles. The van der Waals surface area contributed by atoms with E-state index in [2.05, 4.69) is 10.3 Å². The van der Waals surface area contributed by atoms with E-state index >= 15 is 0 Å². The highest BCUT2D eigenvalue weighted by Crippen LogP contribution is 2.24. The molecule has 1 N–H and O–H groups in total. The Balaban J connectivity index is 1.63.